The second-order valence-electron chi connectivity index (χ2n) is 7.92. The summed E-state index contributed by atoms with van der Waals surface area (Å²) < 4.78 is 5.42. The molecule has 1 aromatic rings. The number of nitrogens with zero attached hydrogens (tertiary/aromatic N) is 3. The van der Waals surface area contributed by atoms with Crippen LogP contribution in [0.4, 0.5) is 0 Å². The minimum absolute atomic E-state index is 0.102. The fourth-order valence-corrected chi connectivity index (χ4v) is 4.26. The van der Waals surface area contributed by atoms with E-state index in [0.717, 1.165) is 39.1 Å². The lowest BCUT2D eigenvalue weighted by molar-refractivity contribution is -0.134. The number of likely N-dealkylation sites (tertiary alicyclic amines) is 2. The topological polar surface area (TPSA) is 45.7 Å². The van der Waals surface area contributed by atoms with Crippen LogP contribution in [-0.4, -0.2) is 53.5 Å². The molecule has 2 saturated heterocycles. The molecule has 1 atom stereocenters. The van der Waals surface area contributed by atoms with Gasteiger partial charge in [-0.05, 0) is 38.3 Å². The summed E-state index contributed by atoms with van der Waals surface area (Å²) in [6.07, 6.45) is 5.53. The molecule has 25 heavy (non-hydrogen) atoms. The van der Waals surface area contributed by atoms with Gasteiger partial charge in [0, 0.05) is 49.8 Å². The molecule has 1 amide bonds. The summed E-state index contributed by atoms with van der Waals surface area (Å²) >= 11 is 0. The minimum Gasteiger partial charge on any atom is -0.478 e. The van der Waals surface area contributed by atoms with E-state index in [0.29, 0.717) is 23.8 Å². The lowest BCUT2D eigenvalue weighted by atomic mass is 9.79. The number of hydrogen-bond donors (Lipinski definition) is 0. The number of piperidine rings is 1. The number of carbonyl (C=O) groups is 1. The van der Waals surface area contributed by atoms with Crippen LogP contribution in [0, 0.1) is 11.3 Å². The van der Waals surface area contributed by atoms with E-state index >= 15 is 0 Å². The molecule has 2 aliphatic heterocycles. The zero-order chi connectivity index (χ0) is 17.9. The van der Waals surface area contributed by atoms with Crippen molar-refractivity contribution >= 4 is 5.91 Å². The van der Waals surface area contributed by atoms with Crippen molar-refractivity contribution in [3.8, 4) is 5.88 Å². The Bertz CT molecular complexity index is 587. The SMILES string of the molecule is CCOc1ccc(CN2CCC[C@]3(CCN(C(=O)C(C)C)C3)C2)cn1. The van der Waals surface area contributed by atoms with Gasteiger partial charge >= 0.3 is 0 Å². The third-order valence-corrected chi connectivity index (χ3v) is 5.48. The van der Waals surface area contributed by atoms with Gasteiger partial charge in [-0.15, -0.1) is 0 Å². The monoisotopic (exact) mass is 345 g/mol. The number of carbonyl (C=O) groups excluding carboxylic acids is 1. The van der Waals surface area contributed by atoms with E-state index in [2.05, 4.69) is 20.9 Å². The number of aromatic nitrogens is 1. The van der Waals surface area contributed by atoms with Gasteiger partial charge in [-0.2, -0.15) is 0 Å². The number of amides is 1. The lowest BCUT2D eigenvalue weighted by Gasteiger charge is -2.40. The van der Waals surface area contributed by atoms with Crippen LogP contribution in [0.15, 0.2) is 18.3 Å². The molecule has 2 aliphatic rings. The summed E-state index contributed by atoms with van der Waals surface area (Å²) in [5.74, 6) is 1.11. The highest BCUT2D eigenvalue weighted by atomic mass is 16.5. The molecule has 1 aromatic heterocycles. The van der Waals surface area contributed by atoms with Gasteiger partial charge < -0.3 is 9.64 Å². The number of rotatable bonds is 5. The highest BCUT2D eigenvalue weighted by molar-refractivity contribution is 5.78. The third kappa shape index (κ3) is 4.32. The first-order valence-electron chi connectivity index (χ1n) is 9.60. The molecule has 0 radical (unpaired) electrons. The molecule has 0 aromatic carbocycles. The number of ether oxygens (including phenoxy) is 1. The molecule has 5 nitrogen and oxygen atoms in total. The molecule has 0 aliphatic carbocycles. The smallest absolute Gasteiger partial charge is 0.225 e. The lowest BCUT2D eigenvalue weighted by Crippen LogP contribution is -2.45. The van der Waals surface area contributed by atoms with Gasteiger partial charge in [0.25, 0.3) is 0 Å². The standard InChI is InChI=1S/C20H31N3O2/c1-4-25-18-7-6-17(12-21-18)13-22-10-5-8-20(14-22)9-11-23(15-20)19(24)16(2)3/h6-7,12,16H,4-5,8-11,13-15H2,1-3H3/t20-/m0/s1. The highest BCUT2D eigenvalue weighted by Crippen LogP contribution is 2.39. The molecule has 2 fully saturated rings. The van der Waals surface area contributed by atoms with Crippen LogP contribution < -0.4 is 4.74 Å². The predicted octanol–water partition coefficient (Wildman–Crippen LogP) is 2.95. The van der Waals surface area contributed by atoms with Gasteiger partial charge in [-0.25, -0.2) is 4.98 Å². The molecule has 3 heterocycles. The summed E-state index contributed by atoms with van der Waals surface area (Å²) in [4.78, 5) is 21.3. The van der Waals surface area contributed by atoms with Crippen LogP contribution in [-0.2, 0) is 11.3 Å². The number of hydrogen-bond acceptors (Lipinski definition) is 4. The zero-order valence-corrected chi connectivity index (χ0v) is 15.8. The van der Waals surface area contributed by atoms with Crippen molar-refractivity contribution in [2.24, 2.45) is 11.3 Å². The molecule has 3 rings (SSSR count). The van der Waals surface area contributed by atoms with E-state index in [9.17, 15) is 4.79 Å². The largest absolute Gasteiger partial charge is 0.478 e. The van der Waals surface area contributed by atoms with Gasteiger partial charge in [0.1, 0.15) is 0 Å². The summed E-state index contributed by atoms with van der Waals surface area (Å²) in [6.45, 7) is 11.6. The average Bonchev–Trinajstić information content (AvgIpc) is 2.99. The van der Waals surface area contributed by atoms with Gasteiger partial charge in [0.05, 0.1) is 6.61 Å². The quantitative estimate of drug-likeness (QED) is 0.823. The van der Waals surface area contributed by atoms with Crippen LogP contribution in [0.25, 0.3) is 0 Å². The van der Waals surface area contributed by atoms with E-state index in [4.69, 9.17) is 4.74 Å². The van der Waals surface area contributed by atoms with E-state index < -0.39 is 0 Å². The van der Waals surface area contributed by atoms with Crippen molar-refractivity contribution in [2.75, 3.05) is 32.8 Å². The normalized spacial score (nSPS) is 24.2. The van der Waals surface area contributed by atoms with Crippen molar-refractivity contribution in [1.29, 1.82) is 0 Å². The molecule has 0 bridgehead atoms. The second-order valence-corrected chi connectivity index (χ2v) is 7.92. The molecular formula is C20H31N3O2. The summed E-state index contributed by atoms with van der Waals surface area (Å²) in [5.41, 5.74) is 1.52. The van der Waals surface area contributed by atoms with Crippen LogP contribution in [0.1, 0.15) is 45.6 Å². The Labute approximate surface area is 151 Å². The minimum atomic E-state index is 0.102. The third-order valence-electron chi connectivity index (χ3n) is 5.48. The Morgan fingerprint density at radius 2 is 2.12 bits per heavy atom. The molecular weight excluding hydrogens is 314 g/mol. The molecule has 0 N–H and O–H groups in total. The predicted molar refractivity (Wildman–Crippen MR) is 98.4 cm³/mol. The van der Waals surface area contributed by atoms with Crippen LogP contribution in [0.2, 0.25) is 0 Å². The van der Waals surface area contributed by atoms with Crippen molar-refractivity contribution in [2.45, 2.75) is 46.6 Å². The highest BCUT2D eigenvalue weighted by Gasteiger charge is 2.42. The van der Waals surface area contributed by atoms with E-state index in [1.165, 1.54) is 18.4 Å². The first-order chi connectivity index (χ1) is 12.0. The maximum absolute atomic E-state index is 12.3. The number of pyridine rings is 1. The van der Waals surface area contributed by atoms with Crippen molar-refractivity contribution in [3.05, 3.63) is 23.9 Å². The summed E-state index contributed by atoms with van der Waals surface area (Å²) in [7, 11) is 0. The Kier molecular flexibility index (Phi) is 5.62. The van der Waals surface area contributed by atoms with Crippen molar-refractivity contribution in [1.82, 2.24) is 14.8 Å². The molecule has 0 saturated carbocycles. The van der Waals surface area contributed by atoms with Crippen molar-refractivity contribution in [3.63, 3.8) is 0 Å². The average molecular weight is 345 g/mol. The molecule has 1 spiro atoms. The fourth-order valence-electron chi connectivity index (χ4n) is 4.26. The molecule has 0 unspecified atom stereocenters. The second kappa shape index (κ2) is 7.73. The molecule has 138 valence electrons. The first-order valence-corrected chi connectivity index (χ1v) is 9.60. The van der Waals surface area contributed by atoms with Crippen LogP contribution >= 0.6 is 0 Å². The summed E-state index contributed by atoms with van der Waals surface area (Å²) in [6, 6.07) is 4.07. The van der Waals surface area contributed by atoms with Gasteiger partial charge in [-0.3, -0.25) is 9.69 Å². The Morgan fingerprint density at radius 1 is 1.28 bits per heavy atom. The van der Waals surface area contributed by atoms with E-state index in [1.54, 1.807) is 0 Å². The Hall–Kier alpha value is -1.62. The zero-order valence-electron chi connectivity index (χ0n) is 15.8. The fraction of sp³-hybridized carbons (Fsp3) is 0.700. The van der Waals surface area contributed by atoms with E-state index in [-0.39, 0.29) is 5.92 Å². The van der Waals surface area contributed by atoms with Gasteiger partial charge in [-0.1, -0.05) is 19.9 Å². The van der Waals surface area contributed by atoms with Crippen molar-refractivity contribution < 1.29 is 9.53 Å². The molecule has 5 heteroatoms. The Morgan fingerprint density at radius 3 is 2.80 bits per heavy atom. The van der Waals surface area contributed by atoms with Gasteiger partial charge in [0.2, 0.25) is 11.8 Å². The van der Waals surface area contributed by atoms with Gasteiger partial charge in [0.15, 0.2) is 0 Å². The maximum Gasteiger partial charge on any atom is 0.225 e. The summed E-state index contributed by atoms with van der Waals surface area (Å²) in [5, 5.41) is 0. The first kappa shape index (κ1) is 18.2. The van der Waals surface area contributed by atoms with Crippen LogP contribution in [0.3, 0.4) is 0 Å². The van der Waals surface area contributed by atoms with E-state index in [1.807, 2.05) is 33.0 Å². The Balaban J connectivity index is 1.59. The van der Waals surface area contributed by atoms with Crippen LogP contribution in [0.5, 0.6) is 5.88 Å². The maximum atomic E-state index is 12.3.